The minimum Gasteiger partial charge on any atom is -0.347 e. The fourth-order valence-electron chi connectivity index (χ4n) is 2.50. The average molecular weight is 238 g/mol. The van der Waals surface area contributed by atoms with Gasteiger partial charge in [-0.1, -0.05) is 60.7 Å². The Bertz CT molecular complexity index is 521. The molecule has 1 aliphatic rings. The van der Waals surface area contributed by atoms with Crippen molar-refractivity contribution in [1.82, 2.24) is 0 Å². The molecule has 1 fully saturated rings. The molecule has 18 heavy (non-hydrogen) atoms. The molecule has 2 aromatic rings. The van der Waals surface area contributed by atoms with Gasteiger partial charge in [0.1, 0.15) is 0 Å². The molecule has 0 N–H and O–H groups in total. The van der Waals surface area contributed by atoms with E-state index in [1.807, 2.05) is 60.7 Å². The van der Waals surface area contributed by atoms with Crippen molar-refractivity contribution in [3.05, 3.63) is 71.8 Å². The maximum Gasteiger partial charge on any atom is 0.162 e. The fourth-order valence-corrected chi connectivity index (χ4v) is 2.50. The first kappa shape index (κ1) is 11.2. The number of benzene rings is 2. The van der Waals surface area contributed by atoms with Gasteiger partial charge in [-0.15, -0.1) is 0 Å². The van der Waals surface area contributed by atoms with Gasteiger partial charge in [0.15, 0.2) is 17.5 Å². The van der Waals surface area contributed by atoms with Crippen LogP contribution in [0.2, 0.25) is 0 Å². The lowest BCUT2D eigenvalue weighted by Gasteiger charge is -2.13. The zero-order valence-corrected chi connectivity index (χ0v) is 10.2. The lowest BCUT2D eigenvalue weighted by atomic mass is 9.87. The van der Waals surface area contributed by atoms with Crippen molar-refractivity contribution in [2.75, 3.05) is 0 Å². The van der Waals surface area contributed by atoms with Crippen molar-refractivity contribution in [1.29, 1.82) is 0 Å². The van der Waals surface area contributed by atoms with E-state index in [4.69, 9.17) is 4.74 Å². The topological polar surface area (TPSA) is 29.6 Å². The van der Waals surface area contributed by atoms with Crippen LogP contribution in [0.25, 0.3) is 0 Å². The van der Waals surface area contributed by atoms with Crippen molar-refractivity contribution in [2.24, 2.45) is 0 Å². The van der Waals surface area contributed by atoms with Crippen LogP contribution >= 0.6 is 0 Å². The summed E-state index contributed by atoms with van der Waals surface area (Å²) in [6, 6.07) is 19.9. The van der Waals surface area contributed by atoms with E-state index in [0.717, 1.165) is 11.1 Å². The lowest BCUT2D eigenvalue weighted by Crippen LogP contribution is -2.18. The van der Waals surface area contributed by atoms with Crippen molar-refractivity contribution >= 4 is 5.78 Å². The second kappa shape index (κ2) is 4.07. The van der Waals surface area contributed by atoms with Crippen LogP contribution in [0.1, 0.15) is 18.1 Å². The standard InChI is InChI=1S/C16H14O2/c1-12(17)15-16(18-15,13-8-4-2-5-9-13)14-10-6-3-7-11-14/h2-11,15H,1H3/t15-/m1/s1. The molecular formula is C16H14O2. The zero-order chi connectivity index (χ0) is 12.6. The molecule has 0 unspecified atom stereocenters. The molecule has 0 aromatic heterocycles. The van der Waals surface area contributed by atoms with Gasteiger partial charge in [0.25, 0.3) is 0 Å². The van der Waals surface area contributed by atoms with Gasteiger partial charge < -0.3 is 4.74 Å². The van der Waals surface area contributed by atoms with Crippen molar-refractivity contribution in [2.45, 2.75) is 18.6 Å². The summed E-state index contributed by atoms with van der Waals surface area (Å²) in [6.45, 7) is 1.58. The van der Waals surface area contributed by atoms with Gasteiger partial charge in [-0.2, -0.15) is 0 Å². The van der Waals surface area contributed by atoms with E-state index >= 15 is 0 Å². The van der Waals surface area contributed by atoms with Gasteiger partial charge in [-0.05, 0) is 18.1 Å². The van der Waals surface area contributed by atoms with Crippen LogP contribution in [-0.4, -0.2) is 11.9 Å². The Morgan fingerprint density at radius 2 is 1.39 bits per heavy atom. The summed E-state index contributed by atoms with van der Waals surface area (Å²) in [5.41, 5.74) is 1.50. The van der Waals surface area contributed by atoms with Crippen molar-refractivity contribution in [3.63, 3.8) is 0 Å². The molecule has 1 atom stereocenters. The molecule has 2 nitrogen and oxygen atoms in total. The highest BCUT2D eigenvalue weighted by atomic mass is 16.6. The second-order valence-corrected chi connectivity index (χ2v) is 4.58. The van der Waals surface area contributed by atoms with Gasteiger partial charge in [-0.25, -0.2) is 0 Å². The third-order valence-corrected chi connectivity index (χ3v) is 3.39. The summed E-state index contributed by atoms with van der Waals surface area (Å²) in [5, 5.41) is 0. The third-order valence-electron chi connectivity index (χ3n) is 3.39. The molecular weight excluding hydrogens is 224 g/mol. The van der Waals surface area contributed by atoms with Gasteiger partial charge in [0, 0.05) is 0 Å². The molecule has 0 bridgehead atoms. The van der Waals surface area contributed by atoms with Gasteiger partial charge in [-0.3, -0.25) is 4.79 Å². The molecule has 3 rings (SSSR count). The third kappa shape index (κ3) is 1.57. The Kier molecular flexibility index (Phi) is 2.53. The molecule has 0 spiro atoms. The normalized spacial score (nSPS) is 20.4. The van der Waals surface area contributed by atoms with E-state index in [2.05, 4.69) is 0 Å². The molecule has 0 saturated carbocycles. The maximum atomic E-state index is 11.6. The Balaban J connectivity index is 2.11. The van der Waals surface area contributed by atoms with Crippen LogP contribution in [0.3, 0.4) is 0 Å². The highest BCUT2D eigenvalue weighted by Gasteiger charge is 2.61. The van der Waals surface area contributed by atoms with E-state index in [1.54, 1.807) is 6.92 Å². The summed E-state index contributed by atoms with van der Waals surface area (Å²) < 4.78 is 5.79. The number of Topliss-reactive ketones (excluding diaryl/α,β-unsaturated/α-hetero) is 1. The number of ketones is 1. The smallest absolute Gasteiger partial charge is 0.162 e. The Morgan fingerprint density at radius 3 is 1.72 bits per heavy atom. The number of hydrogen-bond donors (Lipinski definition) is 0. The largest absolute Gasteiger partial charge is 0.347 e. The quantitative estimate of drug-likeness (QED) is 0.769. The van der Waals surface area contributed by atoms with Gasteiger partial charge in [0.2, 0.25) is 0 Å². The van der Waals surface area contributed by atoms with Crippen LogP contribution in [-0.2, 0) is 15.1 Å². The number of epoxide rings is 1. The van der Waals surface area contributed by atoms with E-state index in [1.165, 1.54) is 0 Å². The van der Waals surface area contributed by atoms with Crippen LogP contribution < -0.4 is 0 Å². The first-order valence-electron chi connectivity index (χ1n) is 6.04. The van der Waals surface area contributed by atoms with Gasteiger partial charge in [0.05, 0.1) is 0 Å². The second-order valence-electron chi connectivity index (χ2n) is 4.58. The minimum atomic E-state index is -0.575. The molecule has 0 aliphatic carbocycles. The monoisotopic (exact) mass is 238 g/mol. The molecule has 1 aliphatic heterocycles. The summed E-state index contributed by atoms with van der Waals surface area (Å²) in [6.07, 6.45) is -0.359. The number of ether oxygens (including phenoxy) is 1. The molecule has 0 radical (unpaired) electrons. The van der Waals surface area contributed by atoms with Crippen molar-refractivity contribution in [3.8, 4) is 0 Å². The van der Waals surface area contributed by atoms with Gasteiger partial charge >= 0.3 is 0 Å². The van der Waals surface area contributed by atoms with Crippen LogP contribution in [0.4, 0.5) is 0 Å². The van der Waals surface area contributed by atoms with Crippen LogP contribution in [0.5, 0.6) is 0 Å². The lowest BCUT2D eigenvalue weighted by molar-refractivity contribution is -0.118. The summed E-state index contributed by atoms with van der Waals surface area (Å²) in [4.78, 5) is 11.6. The highest BCUT2D eigenvalue weighted by Crippen LogP contribution is 2.51. The van der Waals surface area contributed by atoms with Crippen LogP contribution in [0.15, 0.2) is 60.7 Å². The molecule has 1 saturated heterocycles. The van der Waals surface area contributed by atoms with E-state index in [9.17, 15) is 4.79 Å². The molecule has 1 heterocycles. The van der Waals surface area contributed by atoms with E-state index < -0.39 is 5.60 Å². The minimum absolute atomic E-state index is 0.0720. The van der Waals surface area contributed by atoms with E-state index in [0.29, 0.717) is 0 Å². The number of carbonyl (C=O) groups is 1. The summed E-state index contributed by atoms with van der Waals surface area (Å²) >= 11 is 0. The fraction of sp³-hybridized carbons (Fsp3) is 0.188. The number of hydrogen-bond acceptors (Lipinski definition) is 2. The molecule has 2 heteroatoms. The molecule has 0 amide bonds. The zero-order valence-electron chi connectivity index (χ0n) is 10.2. The molecule has 2 aromatic carbocycles. The predicted molar refractivity (Wildman–Crippen MR) is 69.2 cm³/mol. The Morgan fingerprint density at radius 1 is 0.944 bits per heavy atom. The Labute approximate surface area is 106 Å². The summed E-state index contributed by atoms with van der Waals surface area (Å²) in [7, 11) is 0. The first-order chi connectivity index (χ1) is 8.75. The van der Waals surface area contributed by atoms with Crippen LogP contribution in [0, 0.1) is 0 Å². The first-order valence-corrected chi connectivity index (χ1v) is 6.04. The average Bonchev–Trinajstić information content (AvgIpc) is 3.18. The summed E-state index contributed by atoms with van der Waals surface area (Å²) in [5.74, 6) is 0.0720. The number of rotatable bonds is 3. The predicted octanol–water partition coefficient (Wildman–Crippen LogP) is 2.92. The molecule has 90 valence electrons. The Hall–Kier alpha value is -1.93. The van der Waals surface area contributed by atoms with E-state index in [-0.39, 0.29) is 11.9 Å². The highest BCUT2D eigenvalue weighted by molar-refractivity contribution is 5.86. The SMILES string of the molecule is CC(=O)[C@H]1OC1(c1ccccc1)c1ccccc1. The van der Waals surface area contributed by atoms with Crippen molar-refractivity contribution < 1.29 is 9.53 Å². The number of carbonyl (C=O) groups excluding carboxylic acids is 1. The maximum absolute atomic E-state index is 11.6.